The van der Waals surface area contributed by atoms with Gasteiger partial charge in [0.25, 0.3) is 0 Å². The predicted octanol–water partition coefficient (Wildman–Crippen LogP) is 12.8. The van der Waals surface area contributed by atoms with E-state index >= 15 is 0 Å². The van der Waals surface area contributed by atoms with Crippen molar-refractivity contribution in [3.63, 3.8) is 0 Å². The van der Waals surface area contributed by atoms with Gasteiger partial charge in [-0.05, 0) is 81.9 Å². The highest BCUT2D eigenvalue weighted by Gasteiger charge is 2.20. The molecule has 0 fully saturated rings. The molecule has 4 nitrogen and oxygen atoms in total. The van der Waals surface area contributed by atoms with Gasteiger partial charge in [0.15, 0.2) is 5.58 Å². The molecule has 0 amide bonds. The fraction of sp³-hybridized carbons (Fsp3) is 0. The van der Waals surface area contributed by atoms with Crippen LogP contribution in [0, 0.1) is 0 Å². The van der Waals surface area contributed by atoms with Crippen LogP contribution in [-0.2, 0) is 0 Å². The lowest BCUT2D eigenvalue weighted by molar-refractivity contribution is 0.620. The first-order chi connectivity index (χ1) is 24.3. The van der Waals surface area contributed by atoms with Crippen molar-refractivity contribution in [2.24, 2.45) is 0 Å². The molecule has 4 heteroatoms. The van der Waals surface area contributed by atoms with Gasteiger partial charge in [0, 0.05) is 39.2 Å². The Morgan fingerprint density at radius 1 is 0.429 bits per heavy atom. The number of hydrogen-bond acceptors (Lipinski definition) is 4. The molecule has 10 aromatic rings. The molecule has 0 aliphatic rings. The lowest BCUT2D eigenvalue weighted by atomic mass is 9.98. The second-order valence-electron chi connectivity index (χ2n) is 12.4. The molecule has 0 spiro atoms. The van der Waals surface area contributed by atoms with Crippen LogP contribution in [0.1, 0.15) is 0 Å². The van der Waals surface area contributed by atoms with E-state index in [1.165, 1.54) is 32.7 Å². The third kappa shape index (κ3) is 4.49. The van der Waals surface area contributed by atoms with Crippen LogP contribution in [-0.4, -0.2) is 4.98 Å². The van der Waals surface area contributed by atoms with Gasteiger partial charge >= 0.3 is 0 Å². The summed E-state index contributed by atoms with van der Waals surface area (Å²) >= 11 is 0. The Hall–Kier alpha value is -6.65. The topological polar surface area (TPSA) is 42.4 Å². The fourth-order valence-corrected chi connectivity index (χ4v) is 7.22. The number of rotatable bonds is 5. The molecule has 10 rings (SSSR count). The highest BCUT2D eigenvalue weighted by atomic mass is 16.3. The summed E-state index contributed by atoms with van der Waals surface area (Å²) in [5.41, 5.74) is 9.67. The van der Waals surface area contributed by atoms with Crippen molar-refractivity contribution in [1.82, 2.24) is 4.98 Å². The van der Waals surface area contributed by atoms with Crippen LogP contribution in [0.25, 0.3) is 77.2 Å². The molecule has 0 radical (unpaired) electrons. The number of aromatic nitrogens is 1. The zero-order valence-corrected chi connectivity index (χ0v) is 26.4. The highest BCUT2D eigenvalue weighted by Crippen LogP contribution is 2.43. The van der Waals surface area contributed by atoms with Crippen LogP contribution < -0.4 is 4.90 Å². The minimum atomic E-state index is 0.585. The van der Waals surface area contributed by atoms with E-state index in [1.54, 1.807) is 0 Å². The van der Waals surface area contributed by atoms with Crippen molar-refractivity contribution in [1.29, 1.82) is 0 Å². The predicted molar refractivity (Wildman–Crippen MR) is 202 cm³/mol. The van der Waals surface area contributed by atoms with E-state index in [2.05, 4.69) is 138 Å². The molecule has 0 aliphatic heterocycles. The molecule has 49 heavy (non-hydrogen) atoms. The minimum Gasteiger partial charge on any atom is -0.456 e. The highest BCUT2D eigenvalue weighted by molar-refractivity contribution is 6.13. The normalized spacial score (nSPS) is 11.7. The number of hydrogen-bond donors (Lipinski definition) is 0. The van der Waals surface area contributed by atoms with Gasteiger partial charge in [-0.2, -0.15) is 0 Å². The summed E-state index contributed by atoms with van der Waals surface area (Å²) in [5, 5.41) is 6.85. The summed E-state index contributed by atoms with van der Waals surface area (Å²) in [6.07, 6.45) is 0. The Morgan fingerprint density at radius 2 is 1.08 bits per heavy atom. The number of oxazole rings is 1. The average Bonchev–Trinajstić information content (AvgIpc) is 3.77. The quantitative estimate of drug-likeness (QED) is 0.190. The van der Waals surface area contributed by atoms with Gasteiger partial charge < -0.3 is 13.7 Å². The third-order valence-corrected chi connectivity index (χ3v) is 9.50. The Bertz CT molecular complexity index is 2800. The number of anilines is 3. The average molecular weight is 629 g/mol. The number of nitrogens with zero attached hydrogens (tertiary/aromatic N) is 2. The maximum Gasteiger partial charge on any atom is 0.228 e. The molecule has 0 saturated heterocycles. The molecule has 0 bridgehead atoms. The second kappa shape index (κ2) is 11.0. The Labute approximate surface area is 282 Å². The van der Waals surface area contributed by atoms with E-state index < -0.39 is 0 Å². The molecule has 0 atom stereocenters. The van der Waals surface area contributed by atoms with Gasteiger partial charge in [-0.15, -0.1) is 0 Å². The third-order valence-electron chi connectivity index (χ3n) is 9.50. The Morgan fingerprint density at radius 3 is 1.94 bits per heavy atom. The number of fused-ring (bicyclic) bond motifs is 6. The summed E-state index contributed by atoms with van der Waals surface area (Å²) in [5.74, 6) is 0.585. The zero-order valence-electron chi connectivity index (χ0n) is 26.4. The van der Waals surface area contributed by atoms with E-state index in [1.807, 2.05) is 36.4 Å². The summed E-state index contributed by atoms with van der Waals surface area (Å²) in [6.45, 7) is 0. The molecule has 230 valence electrons. The molecule has 0 aliphatic carbocycles. The first-order valence-electron chi connectivity index (χ1n) is 16.5. The van der Waals surface area contributed by atoms with E-state index in [9.17, 15) is 0 Å². The van der Waals surface area contributed by atoms with Crippen molar-refractivity contribution in [2.45, 2.75) is 0 Å². The van der Waals surface area contributed by atoms with E-state index in [-0.39, 0.29) is 0 Å². The second-order valence-corrected chi connectivity index (χ2v) is 12.4. The van der Waals surface area contributed by atoms with Crippen LogP contribution in [0.4, 0.5) is 17.1 Å². The number of benzene rings is 8. The van der Waals surface area contributed by atoms with Crippen LogP contribution in [0.5, 0.6) is 0 Å². The smallest absolute Gasteiger partial charge is 0.228 e. The fourth-order valence-electron chi connectivity index (χ4n) is 7.22. The van der Waals surface area contributed by atoms with Gasteiger partial charge in [0.05, 0.1) is 5.69 Å². The van der Waals surface area contributed by atoms with Crippen LogP contribution in [0.2, 0.25) is 0 Å². The number of para-hydroxylation sites is 2. The molecule has 2 heterocycles. The molecular weight excluding hydrogens is 601 g/mol. The molecule has 0 N–H and O–H groups in total. The maximum absolute atomic E-state index is 6.56. The maximum atomic E-state index is 6.56. The molecule has 8 aromatic carbocycles. The standard InChI is InChI=1S/C45H28N2O2/c1-3-14-34-29(10-1)12-7-16-35(34)31-22-24-32(25-23-31)47(40-19-8-13-30-11-2-4-15-36(30)40)33-26-27-37-43(28-33)48-42-21-9-17-38(44(37)42)45-46-39-18-5-6-20-41(39)49-45/h1-28H. The van der Waals surface area contributed by atoms with Gasteiger partial charge in [-0.25, -0.2) is 4.98 Å². The molecular formula is C45H28N2O2. The Kier molecular flexibility index (Phi) is 6.15. The largest absolute Gasteiger partial charge is 0.456 e. The van der Waals surface area contributed by atoms with Gasteiger partial charge in [-0.3, -0.25) is 0 Å². The number of furan rings is 1. The van der Waals surface area contributed by atoms with Crippen LogP contribution >= 0.6 is 0 Å². The lowest BCUT2D eigenvalue weighted by Gasteiger charge is -2.27. The van der Waals surface area contributed by atoms with Crippen LogP contribution in [0.15, 0.2) is 179 Å². The van der Waals surface area contributed by atoms with Crippen molar-refractivity contribution in [3.05, 3.63) is 170 Å². The monoisotopic (exact) mass is 628 g/mol. The molecule has 2 aromatic heterocycles. The summed E-state index contributed by atoms with van der Waals surface area (Å²) in [7, 11) is 0. The summed E-state index contributed by atoms with van der Waals surface area (Å²) in [4.78, 5) is 7.13. The molecule has 0 unspecified atom stereocenters. The first-order valence-corrected chi connectivity index (χ1v) is 16.5. The van der Waals surface area contributed by atoms with Gasteiger partial charge in [0.1, 0.15) is 16.7 Å². The summed E-state index contributed by atoms with van der Waals surface area (Å²) in [6, 6.07) is 59.3. The van der Waals surface area contributed by atoms with Crippen molar-refractivity contribution in [3.8, 4) is 22.6 Å². The van der Waals surface area contributed by atoms with Gasteiger partial charge in [-0.1, -0.05) is 109 Å². The minimum absolute atomic E-state index is 0.585. The zero-order chi connectivity index (χ0) is 32.3. The SMILES string of the molecule is c1ccc2c(-c3ccc(N(c4ccc5c(c4)oc4cccc(-c6nc7ccccc7o6)c45)c4cccc5ccccc45)cc3)cccc2c1. The van der Waals surface area contributed by atoms with Crippen LogP contribution in [0.3, 0.4) is 0 Å². The van der Waals surface area contributed by atoms with Crippen molar-refractivity contribution in [2.75, 3.05) is 4.90 Å². The van der Waals surface area contributed by atoms with Crippen molar-refractivity contribution >= 4 is 71.6 Å². The molecule has 0 saturated carbocycles. The van der Waals surface area contributed by atoms with E-state index in [0.29, 0.717) is 5.89 Å². The van der Waals surface area contributed by atoms with Gasteiger partial charge in [0.2, 0.25) is 5.89 Å². The van der Waals surface area contributed by atoms with E-state index in [4.69, 9.17) is 13.8 Å². The van der Waals surface area contributed by atoms with E-state index in [0.717, 1.165) is 55.7 Å². The summed E-state index contributed by atoms with van der Waals surface area (Å²) < 4.78 is 12.8. The first kappa shape index (κ1) is 27.5. The Balaban J connectivity index is 1.14. The lowest BCUT2D eigenvalue weighted by Crippen LogP contribution is -2.10. The van der Waals surface area contributed by atoms with Crippen molar-refractivity contribution < 1.29 is 8.83 Å².